The van der Waals surface area contributed by atoms with Crippen molar-refractivity contribution in [3.8, 4) is 5.75 Å². The standard InChI is InChI=1S/C16H14BrF2NO2/c1-10(11-6-2-4-8-13(11)17)20-15(21)12-7-3-5-9-14(12)22-16(18)19/h2-10,16H,1H3,(H,20,21). The van der Waals surface area contributed by atoms with Gasteiger partial charge in [-0.15, -0.1) is 0 Å². The molecular formula is C16H14BrF2NO2. The maximum Gasteiger partial charge on any atom is 0.387 e. The molecular weight excluding hydrogens is 356 g/mol. The number of hydrogen-bond donors (Lipinski definition) is 1. The summed E-state index contributed by atoms with van der Waals surface area (Å²) in [4.78, 5) is 12.3. The van der Waals surface area contributed by atoms with Crippen LogP contribution in [0.15, 0.2) is 53.0 Å². The van der Waals surface area contributed by atoms with Gasteiger partial charge in [0.25, 0.3) is 5.91 Å². The quantitative estimate of drug-likeness (QED) is 0.839. The van der Waals surface area contributed by atoms with Gasteiger partial charge in [0.1, 0.15) is 5.75 Å². The maximum atomic E-state index is 12.4. The van der Waals surface area contributed by atoms with Crippen LogP contribution in [0.1, 0.15) is 28.9 Å². The minimum Gasteiger partial charge on any atom is -0.434 e. The van der Waals surface area contributed by atoms with E-state index in [1.54, 1.807) is 6.07 Å². The molecule has 0 fully saturated rings. The first-order chi connectivity index (χ1) is 10.5. The number of amides is 1. The molecule has 0 aromatic heterocycles. The first-order valence-electron chi connectivity index (χ1n) is 6.58. The first kappa shape index (κ1) is 16.4. The largest absolute Gasteiger partial charge is 0.434 e. The van der Waals surface area contributed by atoms with Crippen LogP contribution in [0.3, 0.4) is 0 Å². The Morgan fingerprint density at radius 1 is 1.14 bits per heavy atom. The van der Waals surface area contributed by atoms with Crippen molar-refractivity contribution in [3.63, 3.8) is 0 Å². The van der Waals surface area contributed by atoms with Crippen molar-refractivity contribution in [2.45, 2.75) is 19.6 Å². The average Bonchev–Trinajstić information content (AvgIpc) is 2.47. The molecule has 0 radical (unpaired) electrons. The molecule has 0 bridgehead atoms. The maximum absolute atomic E-state index is 12.4. The third kappa shape index (κ3) is 4.04. The molecule has 2 rings (SSSR count). The van der Waals surface area contributed by atoms with E-state index < -0.39 is 12.5 Å². The molecule has 0 heterocycles. The minimum absolute atomic E-state index is 0.0710. The van der Waals surface area contributed by atoms with E-state index in [0.717, 1.165) is 10.0 Å². The number of halogens is 3. The molecule has 0 aliphatic rings. The minimum atomic E-state index is -2.98. The summed E-state index contributed by atoms with van der Waals surface area (Å²) in [7, 11) is 0. The molecule has 1 N–H and O–H groups in total. The van der Waals surface area contributed by atoms with E-state index in [1.165, 1.54) is 18.2 Å². The van der Waals surface area contributed by atoms with Crippen LogP contribution in [0.25, 0.3) is 0 Å². The number of alkyl halides is 2. The Kier molecular flexibility index (Phi) is 5.49. The molecule has 2 aromatic carbocycles. The highest BCUT2D eigenvalue weighted by Gasteiger charge is 2.18. The number of carbonyl (C=O) groups excluding carboxylic acids is 1. The van der Waals surface area contributed by atoms with Crippen LogP contribution in [0, 0.1) is 0 Å². The Labute approximate surface area is 135 Å². The van der Waals surface area contributed by atoms with Crippen LogP contribution >= 0.6 is 15.9 Å². The number of hydrogen-bond acceptors (Lipinski definition) is 2. The summed E-state index contributed by atoms with van der Waals surface area (Å²) in [6.45, 7) is -1.16. The van der Waals surface area contributed by atoms with Gasteiger partial charge < -0.3 is 10.1 Å². The molecule has 0 spiro atoms. The van der Waals surface area contributed by atoms with Gasteiger partial charge in [-0.25, -0.2) is 0 Å². The Morgan fingerprint density at radius 2 is 1.77 bits per heavy atom. The van der Waals surface area contributed by atoms with Crippen LogP contribution in [0.2, 0.25) is 0 Å². The van der Waals surface area contributed by atoms with Gasteiger partial charge in [-0.05, 0) is 30.7 Å². The molecule has 6 heteroatoms. The third-order valence-corrected chi connectivity index (χ3v) is 3.79. The SMILES string of the molecule is CC(NC(=O)c1ccccc1OC(F)F)c1ccccc1Br. The second-order valence-corrected chi connectivity index (χ2v) is 5.45. The monoisotopic (exact) mass is 369 g/mol. The predicted molar refractivity (Wildman–Crippen MR) is 83.1 cm³/mol. The summed E-state index contributed by atoms with van der Waals surface area (Å²) < 4.78 is 30.0. The van der Waals surface area contributed by atoms with Crippen molar-refractivity contribution >= 4 is 21.8 Å². The van der Waals surface area contributed by atoms with E-state index in [0.29, 0.717) is 0 Å². The van der Waals surface area contributed by atoms with Crippen molar-refractivity contribution in [1.82, 2.24) is 5.32 Å². The molecule has 3 nitrogen and oxygen atoms in total. The van der Waals surface area contributed by atoms with Gasteiger partial charge in [0, 0.05) is 4.47 Å². The summed E-state index contributed by atoms with van der Waals surface area (Å²) in [6, 6.07) is 13.1. The molecule has 1 atom stereocenters. The number of carbonyl (C=O) groups is 1. The van der Waals surface area contributed by atoms with Crippen molar-refractivity contribution in [2.75, 3.05) is 0 Å². The summed E-state index contributed by atoms with van der Waals surface area (Å²) in [5.74, 6) is -0.617. The summed E-state index contributed by atoms with van der Waals surface area (Å²) in [6.07, 6.45) is 0. The van der Waals surface area contributed by atoms with E-state index >= 15 is 0 Å². The molecule has 1 amide bonds. The highest BCUT2D eigenvalue weighted by Crippen LogP contribution is 2.25. The molecule has 0 saturated heterocycles. The molecule has 0 saturated carbocycles. The van der Waals surface area contributed by atoms with E-state index in [2.05, 4.69) is 26.0 Å². The van der Waals surface area contributed by atoms with Crippen LogP contribution in [0.4, 0.5) is 8.78 Å². The normalized spacial score (nSPS) is 12.0. The van der Waals surface area contributed by atoms with Crippen molar-refractivity contribution in [2.24, 2.45) is 0 Å². The lowest BCUT2D eigenvalue weighted by Gasteiger charge is -2.17. The van der Waals surface area contributed by atoms with Gasteiger partial charge in [0.05, 0.1) is 11.6 Å². The number of nitrogens with one attached hydrogen (secondary N) is 1. The van der Waals surface area contributed by atoms with Crippen molar-refractivity contribution in [1.29, 1.82) is 0 Å². The fraction of sp³-hybridized carbons (Fsp3) is 0.188. The van der Waals surface area contributed by atoms with Gasteiger partial charge in [-0.3, -0.25) is 4.79 Å². The second kappa shape index (κ2) is 7.35. The molecule has 0 aliphatic heterocycles. The summed E-state index contributed by atoms with van der Waals surface area (Å²) >= 11 is 3.42. The molecule has 1 unspecified atom stereocenters. The molecule has 22 heavy (non-hydrogen) atoms. The number of rotatable bonds is 5. The zero-order valence-electron chi connectivity index (χ0n) is 11.7. The highest BCUT2D eigenvalue weighted by molar-refractivity contribution is 9.10. The fourth-order valence-corrected chi connectivity index (χ4v) is 2.66. The summed E-state index contributed by atoms with van der Waals surface area (Å²) in [5, 5.41) is 2.77. The molecule has 0 aliphatic carbocycles. The van der Waals surface area contributed by atoms with Gasteiger partial charge >= 0.3 is 6.61 Å². The zero-order valence-corrected chi connectivity index (χ0v) is 13.3. The first-order valence-corrected chi connectivity index (χ1v) is 7.37. The average molecular weight is 370 g/mol. The van der Waals surface area contributed by atoms with Crippen LogP contribution in [0.5, 0.6) is 5.75 Å². The third-order valence-electron chi connectivity index (χ3n) is 3.07. The van der Waals surface area contributed by atoms with E-state index in [1.807, 2.05) is 31.2 Å². The fourth-order valence-electron chi connectivity index (χ4n) is 2.03. The van der Waals surface area contributed by atoms with Gasteiger partial charge in [0.2, 0.25) is 0 Å². The van der Waals surface area contributed by atoms with E-state index in [-0.39, 0.29) is 17.4 Å². The van der Waals surface area contributed by atoms with E-state index in [9.17, 15) is 13.6 Å². The van der Waals surface area contributed by atoms with Crippen LogP contribution in [-0.4, -0.2) is 12.5 Å². The molecule has 116 valence electrons. The van der Waals surface area contributed by atoms with Crippen LogP contribution in [-0.2, 0) is 0 Å². The zero-order chi connectivity index (χ0) is 16.1. The topological polar surface area (TPSA) is 38.3 Å². The number of benzene rings is 2. The van der Waals surface area contributed by atoms with Crippen LogP contribution < -0.4 is 10.1 Å². The van der Waals surface area contributed by atoms with Crippen molar-refractivity contribution < 1.29 is 18.3 Å². The second-order valence-electron chi connectivity index (χ2n) is 4.59. The molecule has 2 aromatic rings. The lowest BCUT2D eigenvalue weighted by molar-refractivity contribution is -0.0501. The Morgan fingerprint density at radius 3 is 2.45 bits per heavy atom. The van der Waals surface area contributed by atoms with Gasteiger partial charge in [0.15, 0.2) is 0 Å². The van der Waals surface area contributed by atoms with Gasteiger partial charge in [-0.1, -0.05) is 46.3 Å². The van der Waals surface area contributed by atoms with E-state index in [4.69, 9.17) is 0 Å². The lowest BCUT2D eigenvalue weighted by atomic mass is 10.1. The Hall–Kier alpha value is -1.95. The summed E-state index contributed by atoms with van der Waals surface area (Å²) in [5.41, 5.74) is 0.963. The smallest absolute Gasteiger partial charge is 0.387 e. The lowest BCUT2D eigenvalue weighted by Crippen LogP contribution is -2.27. The number of para-hydroxylation sites is 1. The Bertz CT molecular complexity index is 664. The predicted octanol–water partition coefficient (Wildman–Crippen LogP) is 4.54. The highest BCUT2D eigenvalue weighted by atomic mass is 79.9. The van der Waals surface area contributed by atoms with Gasteiger partial charge in [-0.2, -0.15) is 8.78 Å². The Balaban J connectivity index is 2.17. The van der Waals surface area contributed by atoms with Crippen molar-refractivity contribution in [3.05, 3.63) is 64.1 Å². The number of ether oxygens (including phenoxy) is 1.